The summed E-state index contributed by atoms with van der Waals surface area (Å²) in [5.74, 6) is -1.25. The van der Waals surface area contributed by atoms with Gasteiger partial charge in [0.2, 0.25) is 5.75 Å². The van der Waals surface area contributed by atoms with Gasteiger partial charge in [0.05, 0.1) is 11.2 Å². The van der Waals surface area contributed by atoms with E-state index in [1.54, 1.807) is 0 Å². The van der Waals surface area contributed by atoms with Crippen molar-refractivity contribution in [3.63, 3.8) is 0 Å². The minimum absolute atomic E-state index is 0.0128. The lowest BCUT2D eigenvalue weighted by Gasteiger charge is -2.48. The minimum atomic E-state index is -0.675. The number of amides is 1. The second-order valence-corrected chi connectivity index (χ2v) is 8.90. The van der Waals surface area contributed by atoms with Crippen LogP contribution in [0.1, 0.15) is 54.0 Å². The van der Waals surface area contributed by atoms with Gasteiger partial charge in [-0.25, -0.2) is 19.0 Å². The predicted octanol–water partition coefficient (Wildman–Crippen LogP) is 1.70. The number of rotatable bonds is 4. The van der Waals surface area contributed by atoms with E-state index in [0.29, 0.717) is 30.2 Å². The van der Waals surface area contributed by atoms with Crippen molar-refractivity contribution in [3.05, 3.63) is 64.1 Å². The van der Waals surface area contributed by atoms with E-state index >= 15 is 0 Å². The van der Waals surface area contributed by atoms with Crippen LogP contribution in [0.4, 0.5) is 4.39 Å². The number of likely N-dealkylation sites (N-methyl/N-ethyl adjacent to an activating group) is 1. The Morgan fingerprint density at radius 3 is 2.76 bits per heavy atom. The Bertz CT molecular complexity index is 1280. The van der Waals surface area contributed by atoms with E-state index in [9.17, 15) is 19.1 Å². The van der Waals surface area contributed by atoms with Gasteiger partial charge < -0.3 is 10.4 Å². The maximum absolute atomic E-state index is 13.8. The van der Waals surface area contributed by atoms with E-state index in [2.05, 4.69) is 25.3 Å². The van der Waals surface area contributed by atoms with Gasteiger partial charge in [-0.05, 0) is 37.6 Å². The molecule has 2 aromatic heterocycles. The molecule has 34 heavy (non-hydrogen) atoms. The number of aromatic nitrogens is 5. The van der Waals surface area contributed by atoms with Crippen LogP contribution in [0.5, 0.6) is 5.75 Å². The molecule has 1 saturated carbocycles. The third-order valence-electron chi connectivity index (χ3n) is 7.00. The van der Waals surface area contributed by atoms with Crippen molar-refractivity contribution in [2.24, 2.45) is 0 Å². The molecule has 3 aromatic rings. The quantitative estimate of drug-likeness (QED) is 0.600. The number of hydrogen-bond donors (Lipinski definition) is 2. The fourth-order valence-corrected chi connectivity index (χ4v) is 5.13. The number of nitrogens with one attached hydrogen (secondary N) is 1. The smallest absolute Gasteiger partial charge is 0.296 e. The number of carbonyl (C=O) groups excluding carboxylic acids is 1. The second-order valence-electron chi connectivity index (χ2n) is 8.90. The van der Waals surface area contributed by atoms with Crippen LogP contribution in [-0.4, -0.2) is 53.8 Å². The van der Waals surface area contributed by atoms with Crippen LogP contribution >= 0.6 is 0 Å². The molecule has 1 aliphatic heterocycles. The largest absolute Gasteiger partial charge is 0.501 e. The highest BCUT2D eigenvalue weighted by Crippen LogP contribution is 2.42. The molecule has 0 atom stereocenters. The van der Waals surface area contributed by atoms with Crippen LogP contribution in [0.3, 0.4) is 0 Å². The summed E-state index contributed by atoms with van der Waals surface area (Å²) < 4.78 is 16.7. The molecule has 2 N–H and O–H groups in total. The molecule has 1 amide bonds. The van der Waals surface area contributed by atoms with Gasteiger partial charge in [0, 0.05) is 19.6 Å². The zero-order valence-electron chi connectivity index (χ0n) is 18.9. The molecule has 1 spiro atoms. The molecule has 5 rings (SSSR count). The zero-order valence-corrected chi connectivity index (χ0v) is 18.9. The van der Waals surface area contributed by atoms with Gasteiger partial charge in [-0.1, -0.05) is 25.3 Å². The Morgan fingerprint density at radius 1 is 1.24 bits per heavy atom. The van der Waals surface area contributed by atoms with Crippen LogP contribution in [0.2, 0.25) is 0 Å². The molecule has 11 heteroatoms. The van der Waals surface area contributed by atoms with E-state index in [1.807, 2.05) is 7.05 Å². The SMILES string of the molecule is CN1CCn2c(nc(C(=O)NCc3ccc(F)cc3-n3cncn3)c(O)c2=O)C12CCCCC2. The Labute approximate surface area is 195 Å². The van der Waals surface area contributed by atoms with E-state index < -0.39 is 28.6 Å². The summed E-state index contributed by atoms with van der Waals surface area (Å²) in [5.41, 5.74) is -0.310. The lowest BCUT2D eigenvalue weighted by Crippen LogP contribution is -2.55. The first-order chi connectivity index (χ1) is 16.4. The molecule has 1 aliphatic carbocycles. The molecule has 1 aromatic carbocycles. The molecule has 0 bridgehead atoms. The van der Waals surface area contributed by atoms with E-state index in [4.69, 9.17) is 0 Å². The standard InChI is InChI=1S/C23H26FN7O3/c1-29-9-10-30-21(34)19(32)18(28-22(30)23(29)7-3-2-4-8-23)20(33)26-12-15-5-6-16(24)11-17(15)31-14-25-13-27-31/h5-6,11,13-14,32H,2-4,7-10,12H2,1H3,(H,26,33). The summed E-state index contributed by atoms with van der Waals surface area (Å²) in [7, 11) is 2.02. The Hall–Kier alpha value is -3.60. The first kappa shape index (κ1) is 22.2. The highest BCUT2D eigenvalue weighted by Gasteiger charge is 2.44. The Kier molecular flexibility index (Phi) is 5.64. The van der Waals surface area contributed by atoms with Gasteiger partial charge in [0.15, 0.2) is 5.69 Å². The Morgan fingerprint density at radius 2 is 2.03 bits per heavy atom. The zero-order chi connectivity index (χ0) is 23.9. The molecule has 178 valence electrons. The van der Waals surface area contributed by atoms with Crippen molar-refractivity contribution in [3.8, 4) is 11.4 Å². The highest BCUT2D eigenvalue weighted by atomic mass is 19.1. The van der Waals surface area contributed by atoms with Crippen molar-refractivity contribution in [1.82, 2.24) is 34.5 Å². The number of aromatic hydroxyl groups is 1. The average Bonchev–Trinajstić information content (AvgIpc) is 3.38. The van der Waals surface area contributed by atoms with Gasteiger partial charge in [0.25, 0.3) is 11.5 Å². The minimum Gasteiger partial charge on any atom is -0.501 e. The van der Waals surface area contributed by atoms with Crippen LogP contribution in [0.15, 0.2) is 35.6 Å². The molecule has 2 aliphatic rings. The number of benzene rings is 1. The van der Waals surface area contributed by atoms with E-state index in [-0.39, 0.29) is 12.2 Å². The van der Waals surface area contributed by atoms with E-state index in [1.165, 1.54) is 40.1 Å². The third kappa shape index (κ3) is 3.65. The van der Waals surface area contributed by atoms with Crippen molar-refractivity contribution in [2.75, 3.05) is 13.6 Å². The van der Waals surface area contributed by atoms with Crippen LogP contribution in [-0.2, 0) is 18.6 Å². The van der Waals surface area contributed by atoms with Crippen molar-refractivity contribution in [1.29, 1.82) is 0 Å². The maximum atomic E-state index is 13.8. The van der Waals surface area contributed by atoms with Gasteiger partial charge in [-0.15, -0.1) is 0 Å². The molecule has 0 saturated heterocycles. The third-order valence-corrected chi connectivity index (χ3v) is 7.00. The Balaban J connectivity index is 1.47. The fraction of sp³-hybridized carbons (Fsp3) is 0.435. The summed E-state index contributed by atoms with van der Waals surface area (Å²) in [6.45, 7) is 1.10. The molecule has 0 radical (unpaired) electrons. The fourth-order valence-electron chi connectivity index (χ4n) is 5.13. The van der Waals surface area contributed by atoms with E-state index in [0.717, 1.165) is 32.1 Å². The maximum Gasteiger partial charge on any atom is 0.296 e. The lowest BCUT2D eigenvalue weighted by atomic mass is 9.78. The molecule has 1 fully saturated rings. The average molecular weight is 468 g/mol. The monoisotopic (exact) mass is 467 g/mol. The van der Waals surface area contributed by atoms with Crippen LogP contribution in [0.25, 0.3) is 5.69 Å². The normalized spacial score (nSPS) is 17.5. The summed E-state index contributed by atoms with van der Waals surface area (Å²) >= 11 is 0. The summed E-state index contributed by atoms with van der Waals surface area (Å²) in [4.78, 5) is 36.8. The number of halogens is 1. The highest BCUT2D eigenvalue weighted by molar-refractivity contribution is 5.94. The summed E-state index contributed by atoms with van der Waals surface area (Å²) in [5, 5.41) is 17.3. The van der Waals surface area contributed by atoms with Crippen molar-refractivity contribution in [2.45, 2.75) is 50.7 Å². The molecular formula is C23H26FN7O3. The van der Waals surface area contributed by atoms with Crippen molar-refractivity contribution < 1.29 is 14.3 Å². The summed E-state index contributed by atoms with van der Waals surface area (Å²) in [6.07, 6.45) is 7.59. The number of fused-ring (bicyclic) bond motifs is 2. The van der Waals surface area contributed by atoms with Gasteiger partial charge in [-0.3, -0.25) is 19.1 Å². The van der Waals surface area contributed by atoms with Crippen LogP contribution < -0.4 is 10.9 Å². The molecule has 10 nitrogen and oxygen atoms in total. The predicted molar refractivity (Wildman–Crippen MR) is 120 cm³/mol. The number of carbonyl (C=O) groups is 1. The molecule has 0 unspecified atom stereocenters. The summed E-state index contributed by atoms with van der Waals surface area (Å²) in [6, 6.07) is 4.11. The molecule has 3 heterocycles. The van der Waals surface area contributed by atoms with Crippen molar-refractivity contribution >= 4 is 5.91 Å². The number of hydrogen-bond acceptors (Lipinski definition) is 7. The number of nitrogens with zero attached hydrogens (tertiary/aromatic N) is 6. The lowest BCUT2D eigenvalue weighted by molar-refractivity contribution is 0.0333. The first-order valence-corrected chi connectivity index (χ1v) is 11.4. The topological polar surface area (TPSA) is 118 Å². The van der Waals surface area contributed by atoms with Gasteiger partial charge in [0.1, 0.15) is 24.3 Å². The molecular weight excluding hydrogens is 441 g/mol. The van der Waals surface area contributed by atoms with Gasteiger partial charge >= 0.3 is 0 Å². The van der Waals surface area contributed by atoms with Crippen LogP contribution in [0, 0.1) is 5.82 Å². The van der Waals surface area contributed by atoms with Gasteiger partial charge in [-0.2, -0.15) is 5.10 Å². The first-order valence-electron chi connectivity index (χ1n) is 11.4. The second kappa shape index (κ2) is 8.64.